The normalized spacial score (nSPS) is 20.5. The van der Waals surface area contributed by atoms with Gasteiger partial charge in [-0.25, -0.2) is 0 Å². The van der Waals surface area contributed by atoms with Gasteiger partial charge >= 0.3 is 0 Å². The zero-order valence-electron chi connectivity index (χ0n) is 17.7. The molecule has 6 nitrogen and oxygen atoms in total. The van der Waals surface area contributed by atoms with Crippen LogP contribution in [-0.2, 0) is 4.79 Å². The van der Waals surface area contributed by atoms with Crippen molar-refractivity contribution in [2.24, 2.45) is 10.9 Å². The van der Waals surface area contributed by atoms with E-state index in [9.17, 15) is 4.79 Å². The average Bonchev–Trinajstić information content (AvgIpc) is 3.00. The molecule has 1 aromatic carbocycles. The molecule has 156 valence electrons. The standard InChI is InChI=1S/C21H34ClN5O/c1-6-23-21(26-19-13-27(14(2)3)12-15(19)4)24-11-10-20(28)25-18-9-7-8-17(22)16(18)5/h7-9,14-15,19H,6,10-13H2,1-5H3,(H,25,28)(H2,23,24,26). The highest BCUT2D eigenvalue weighted by molar-refractivity contribution is 6.31. The van der Waals surface area contributed by atoms with Crippen LogP contribution in [0.1, 0.15) is 39.7 Å². The van der Waals surface area contributed by atoms with E-state index in [1.807, 2.05) is 32.0 Å². The molecule has 1 amide bonds. The summed E-state index contributed by atoms with van der Waals surface area (Å²) in [4.78, 5) is 19.3. The van der Waals surface area contributed by atoms with Crippen molar-refractivity contribution >= 4 is 29.2 Å². The molecule has 0 radical (unpaired) electrons. The maximum Gasteiger partial charge on any atom is 0.226 e. The summed E-state index contributed by atoms with van der Waals surface area (Å²) >= 11 is 6.11. The first kappa shape index (κ1) is 22.5. The zero-order valence-corrected chi connectivity index (χ0v) is 18.4. The van der Waals surface area contributed by atoms with Gasteiger partial charge in [-0.3, -0.25) is 14.7 Å². The molecule has 28 heavy (non-hydrogen) atoms. The highest BCUT2D eigenvalue weighted by Crippen LogP contribution is 2.23. The minimum Gasteiger partial charge on any atom is -0.357 e. The Hall–Kier alpha value is -1.79. The summed E-state index contributed by atoms with van der Waals surface area (Å²) in [5, 5.41) is 10.4. The van der Waals surface area contributed by atoms with Gasteiger partial charge in [-0.2, -0.15) is 0 Å². The highest BCUT2D eigenvalue weighted by Gasteiger charge is 2.31. The lowest BCUT2D eigenvalue weighted by atomic mass is 10.1. The van der Waals surface area contributed by atoms with Gasteiger partial charge in [-0.15, -0.1) is 0 Å². The first-order chi connectivity index (χ1) is 13.3. The van der Waals surface area contributed by atoms with Gasteiger partial charge in [0.2, 0.25) is 5.91 Å². The largest absolute Gasteiger partial charge is 0.357 e. The van der Waals surface area contributed by atoms with E-state index < -0.39 is 0 Å². The molecule has 1 aliphatic rings. The molecule has 2 rings (SSSR count). The molecule has 7 heteroatoms. The van der Waals surface area contributed by atoms with Gasteiger partial charge in [0.05, 0.1) is 6.54 Å². The minimum absolute atomic E-state index is 0.0646. The topological polar surface area (TPSA) is 68.8 Å². The molecular formula is C21H34ClN5O. The number of nitrogens with zero attached hydrogens (tertiary/aromatic N) is 2. The van der Waals surface area contributed by atoms with Crippen LogP contribution in [0.5, 0.6) is 0 Å². The van der Waals surface area contributed by atoms with Crippen LogP contribution in [-0.4, -0.2) is 55.0 Å². The summed E-state index contributed by atoms with van der Waals surface area (Å²) in [6.45, 7) is 14.0. The molecule has 1 saturated heterocycles. The van der Waals surface area contributed by atoms with E-state index in [0.29, 0.717) is 36.0 Å². The molecular weight excluding hydrogens is 374 g/mol. The van der Waals surface area contributed by atoms with E-state index in [1.165, 1.54) is 0 Å². The number of likely N-dealkylation sites (tertiary alicyclic amines) is 1. The second-order valence-corrected chi connectivity index (χ2v) is 8.15. The van der Waals surface area contributed by atoms with E-state index in [4.69, 9.17) is 11.6 Å². The molecule has 1 fully saturated rings. The molecule has 1 aliphatic heterocycles. The highest BCUT2D eigenvalue weighted by atomic mass is 35.5. The van der Waals surface area contributed by atoms with Crippen LogP contribution in [0.4, 0.5) is 5.69 Å². The van der Waals surface area contributed by atoms with Crippen molar-refractivity contribution in [2.45, 2.75) is 53.1 Å². The summed E-state index contributed by atoms with van der Waals surface area (Å²) < 4.78 is 0. The van der Waals surface area contributed by atoms with Crippen LogP contribution in [0, 0.1) is 12.8 Å². The lowest BCUT2D eigenvalue weighted by Crippen LogP contribution is -2.47. The third-order valence-electron chi connectivity index (χ3n) is 5.19. The van der Waals surface area contributed by atoms with Gasteiger partial charge in [0.25, 0.3) is 0 Å². The van der Waals surface area contributed by atoms with Crippen molar-refractivity contribution in [1.29, 1.82) is 0 Å². The molecule has 0 aromatic heterocycles. The number of halogens is 1. The first-order valence-corrected chi connectivity index (χ1v) is 10.5. The van der Waals surface area contributed by atoms with Gasteiger partial charge in [0.1, 0.15) is 0 Å². The van der Waals surface area contributed by atoms with Crippen LogP contribution in [0.25, 0.3) is 0 Å². The Balaban J connectivity index is 1.88. The fourth-order valence-electron chi connectivity index (χ4n) is 3.33. The molecule has 3 N–H and O–H groups in total. The van der Waals surface area contributed by atoms with Gasteiger partial charge < -0.3 is 16.0 Å². The summed E-state index contributed by atoms with van der Waals surface area (Å²) in [7, 11) is 0. The van der Waals surface area contributed by atoms with E-state index >= 15 is 0 Å². The van der Waals surface area contributed by atoms with Crippen molar-refractivity contribution in [3.63, 3.8) is 0 Å². The van der Waals surface area contributed by atoms with Gasteiger partial charge in [-0.05, 0) is 51.3 Å². The molecule has 2 atom stereocenters. The number of anilines is 1. The number of carbonyl (C=O) groups excluding carboxylic acids is 1. The summed E-state index contributed by atoms with van der Waals surface area (Å²) in [6, 6.07) is 6.42. The SMILES string of the molecule is CCNC(=NCCC(=O)Nc1cccc(Cl)c1C)NC1CN(C(C)C)CC1C. The quantitative estimate of drug-likeness (QED) is 0.479. The molecule has 2 unspecified atom stereocenters. The fraction of sp³-hybridized carbons (Fsp3) is 0.619. The predicted molar refractivity (Wildman–Crippen MR) is 118 cm³/mol. The van der Waals surface area contributed by atoms with Gasteiger partial charge in [0.15, 0.2) is 5.96 Å². The Labute approximate surface area is 174 Å². The number of amides is 1. The molecule has 0 bridgehead atoms. The van der Waals surface area contributed by atoms with Crippen molar-refractivity contribution in [3.05, 3.63) is 28.8 Å². The smallest absolute Gasteiger partial charge is 0.226 e. The summed E-state index contributed by atoms with van der Waals surface area (Å²) in [6.07, 6.45) is 0.320. The number of rotatable bonds is 7. The molecule has 0 aliphatic carbocycles. The van der Waals surface area contributed by atoms with Crippen LogP contribution in [0.15, 0.2) is 23.2 Å². The number of guanidine groups is 1. The van der Waals surface area contributed by atoms with Crippen molar-refractivity contribution < 1.29 is 4.79 Å². The summed E-state index contributed by atoms with van der Waals surface area (Å²) in [5.74, 6) is 1.27. The second-order valence-electron chi connectivity index (χ2n) is 7.75. The molecule has 1 heterocycles. The number of hydrogen-bond donors (Lipinski definition) is 3. The zero-order chi connectivity index (χ0) is 20.7. The lowest BCUT2D eigenvalue weighted by Gasteiger charge is -2.21. The van der Waals surface area contributed by atoms with Gasteiger partial charge in [0, 0.05) is 48.8 Å². The Bertz CT molecular complexity index is 691. The Morgan fingerprint density at radius 1 is 1.36 bits per heavy atom. The van der Waals surface area contributed by atoms with Crippen molar-refractivity contribution in [2.75, 3.05) is 31.5 Å². The third-order valence-corrected chi connectivity index (χ3v) is 5.60. The predicted octanol–water partition coefficient (Wildman–Crippen LogP) is 3.26. The summed E-state index contributed by atoms with van der Waals surface area (Å²) in [5.41, 5.74) is 1.63. The van der Waals surface area contributed by atoms with E-state index in [0.717, 1.165) is 36.8 Å². The average molecular weight is 408 g/mol. The molecule has 0 spiro atoms. The van der Waals surface area contributed by atoms with Gasteiger partial charge in [-0.1, -0.05) is 24.6 Å². The second kappa shape index (κ2) is 10.7. The monoisotopic (exact) mass is 407 g/mol. The Morgan fingerprint density at radius 2 is 2.11 bits per heavy atom. The van der Waals surface area contributed by atoms with Crippen LogP contribution in [0.3, 0.4) is 0 Å². The van der Waals surface area contributed by atoms with E-state index in [2.05, 4.69) is 46.6 Å². The molecule has 0 saturated carbocycles. The number of aliphatic imine (C=N–C) groups is 1. The van der Waals surface area contributed by atoms with Crippen LogP contribution < -0.4 is 16.0 Å². The third kappa shape index (κ3) is 6.38. The minimum atomic E-state index is -0.0646. The van der Waals surface area contributed by atoms with Crippen molar-refractivity contribution in [3.8, 4) is 0 Å². The van der Waals surface area contributed by atoms with E-state index in [-0.39, 0.29) is 5.91 Å². The maximum atomic E-state index is 12.3. The number of nitrogens with one attached hydrogen (secondary N) is 3. The van der Waals surface area contributed by atoms with Crippen LogP contribution in [0.2, 0.25) is 5.02 Å². The first-order valence-electron chi connectivity index (χ1n) is 10.2. The Morgan fingerprint density at radius 3 is 2.75 bits per heavy atom. The fourth-order valence-corrected chi connectivity index (χ4v) is 3.51. The number of benzene rings is 1. The number of carbonyl (C=O) groups is 1. The van der Waals surface area contributed by atoms with Crippen LogP contribution >= 0.6 is 11.6 Å². The van der Waals surface area contributed by atoms with E-state index in [1.54, 1.807) is 0 Å². The Kier molecular flexibility index (Phi) is 8.58. The number of hydrogen-bond acceptors (Lipinski definition) is 3. The molecule has 1 aromatic rings. The maximum absolute atomic E-state index is 12.3. The van der Waals surface area contributed by atoms with Crippen molar-refractivity contribution in [1.82, 2.24) is 15.5 Å². The lowest BCUT2D eigenvalue weighted by molar-refractivity contribution is -0.116.